The minimum atomic E-state index is -1.25. The van der Waals surface area contributed by atoms with Gasteiger partial charge in [0.25, 0.3) is 0 Å². The molecule has 1 N–H and O–H groups in total. The summed E-state index contributed by atoms with van der Waals surface area (Å²) in [6.45, 7) is 1.94. The summed E-state index contributed by atoms with van der Waals surface area (Å²) in [5.74, 6) is -1.23. The first-order valence-corrected chi connectivity index (χ1v) is 6.77. The van der Waals surface area contributed by atoms with Crippen LogP contribution in [-0.4, -0.2) is 5.11 Å². The molecular weight excluding hydrogens is 258 g/mol. The highest BCUT2D eigenvalue weighted by Crippen LogP contribution is 2.32. The van der Waals surface area contributed by atoms with Crippen molar-refractivity contribution < 1.29 is 13.9 Å². The number of rotatable bonds is 5. The van der Waals surface area contributed by atoms with Crippen LogP contribution in [0.15, 0.2) is 48.5 Å². The van der Waals surface area contributed by atoms with E-state index in [4.69, 9.17) is 0 Å². The van der Waals surface area contributed by atoms with Crippen LogP contribution in [0.4, 0.5) is 8.78 Å². The maximum absolute atomic E-state index is 13.8. The van der Waals surface area contributed by atoms with E-state index < -0.39 is 17.2 Å². The summed E-state index contributed by atoms with van der Waals surface area (Å²) in [4.78, 5) is 0. The second-order valence-electron chi connectivity index (χ2n) is 5.02. The average Bonchev–Trinajstić information content (AvgIpc) is 2.44. The molecule has 0 aliphatic carbocycles. The number of aliphatic hydroxyl groups is 1. The van der Waals surface area contributed by atoms with Gasteiger partial charge in [0.2, 0.25) is 0 Å². The number of benzene rings is 2. The Morgan fingerprint density at radius 2 is 1.55 bits per heavy atom. The van der Waals surface area contributed by atoms with Gasteiger partial charge >= 0.3 is 0 Å². The fourth-order valence-electron chi connectivity index (χ4n) is 2.49. The van der Waals surface area contributed by atoms with Crippen LogP contribution in [0.2, 0.25) is 0 Å². The van der Waals surface area contributed by atoms with E-state index in [1.807, 2.05) is 25.1 Å². The Bertz CT molecular complexity index is 548. The largest absolute Gasteiger partial charge is 0.385 e. The Morgan fingerprint density at radius 3 is 2.10 bits per heavy atom. The molecule has 0 spiro atoms. The summed E-state index contributed by atoms with van der Waals surface area (Å²) >= 11 is 0. The highest BCUT2D eigenvalue weighted by atomic mass is 19.1. The first-order chi connectivity index (χ1) is 9.57. The predicted molar refractivity (Wildman–Crippen MR) is 75.3 cm³/mol. The molecule has 106 valence electrons. The van der Waals surface area contributed by atoms with Gasteiger partial charge in [0.1, 0.15) is 11.6 Å². The summed E-state index contributed by atoms with van der Waals surface area (Å²) in [5, 5.41) is 10.9. The van der Waals surface area contributed by atoms with Gasteiger partial charge in [-0.1, -0.05) is 49.7 Å². The average molecular weight is 276 g/mol. The highest BCUT2D eigenvalue weighted by Gasteiger charge is 2.30. The van der Waals surface area contributed by atoms with E-state index >= 15 is 0 Å². The van der Waals surface area contributed by atoms with Gasteiger partial charge in [0.15, 0.2) is 0 Å². The van der Waals surface area contributed by atoms with Crippen LogP contribution in [-0.2, 0) is 12.0 Å². The smallest absolute Gasteiger partial charge is 0.129 e. The molecule has 2 aromatic rings. The van der Waals surface area contributed by atoms with Gasteiger partial charge in [-0.2, -0.15) is 0 Å². The second kappa shape index (κ2) is 6.14. The number of hydrogen-bond acceptors (Lipinski definition) is 1. The normalized spacial score (nSPS) is 14.0. The zero-order chi connectivity index (χ0) is 14.6. The van der Waals surface area contributed by atoms with Crippen LogP contribution >= 0.6 is 0 Å². The van der Waals surface area contributed by atoms with E-state index in [1.54, 1.807) is 12.1 Å². The molecule has 0 aliphatic rings. The standard InChI is InChI=1S/C17H18F2O/c1-2-11-17(20,13-7-4-3-5-8-13)12-14-15(18)9-6-10-16(14)19/h3-10,20H,2,11-12H2,1H3. The van der Waals surface area contributed by atoms with Crippen molar-refractivity contribution in [2.45, 2.75) is 31.8 Å². The van der Waals surface area contributed by atoms with Crippen molar-refractivity contribution in [2.75, 3.05) is 0 Å². The molecule has 1 atom stereocenters. The molecule has 0 radical (unpaired) electrons. The molecule has 0 fully saturated rings. The fraction of sp³-hybridized carbons (Fsp3) is 0.294. The van der Waals surface area contributed by atoms with Crippen molar-refractivity contribution >= 4 is 0 Å². The van der Waals surface area contributed by atoms with Gasteiger partial charge in [0, 0.05) is 12.0 Å². The monoisotopic (exact) mass is 276 g/mol. The Kier molecular flexibility index (Phi) is 4.50. The van der Waals surface area contributed by atoms with E-state index in [9.17, 15) is 13.9 Å². The SMILES string of the molecule is CCCC(O)(Cc1c(F)cccc1F)c1ccccc1. The van der Waals surface area contributed by atoms with E-state index in [2.05, 4.69) is 0 Å². The first kappa shape index (κ1) is 14.7. The number of halogens is 2. The van der Waals surface area contributed by atoms with Crippen LogP contribution in [0, 0.1) is 11.6 Å². The van der Waals surface area contributed by atoms with E-state index in [1.165, 1.54) is 18.2 Å². The lowest BCUT2D eigenvalue weighted by Gasteiger charge is -2.29. The van der Waals surface area contributed by atoms with Crippen molar-refractivity contribution in [3.8, 4) is 0 Å². The minimum Gasteiger partial charge on any atom is -0.385 e. The van der Waals surface area contributed by atoms with Crippen LogP contribution in [0.25, 0.3) is 0 Å². The maximum Gasteiger partial charge on any atom is 0.129 e. The Balaban J connectivity index is 2.40. The molecule has 0 amide bonds. The zero-order valence-electron chi connectivity index (χ0n) is 11.4. The Hall–Kier alpha value is -1.74. The summed E-state index contributed by atoms with van der Waals surface area (Å²) in [6, 6.07) is 12.8. The molecule has 1 nitrogen and oxygen atoms in total. The van der Waals surface area contributed by atoms with Gasteiger partial charge < -0.3 is 5.11 Å². The maximum atomic E-state index is 13.8. The van der Waals surface area contributed by atoms with Crippen molar-refractivity contribution in [1.82, 2.24) is 0 Å². The summed E-state index contributed by atoms with van der Waals surface area (Å²) in [6.07, 6.45) is 1.11. The molecule has 0 saturated heterocycles. The zero-order valence-corrected chi connectivity index (χ0v) is 11.4. The van der Waals surface area contributed by atoms with Crippen molar-refractivity contribution in [3.05, 3.63) is 71.3 Å². The topological polar surface area (TPSA) is 20.2 Å². The van der Waals surface area contributed by atoms with Crippen LogP contribution in [0.5, 0.6) is 0 Å². The third kappa shape index (κ3) is 3.05. The van der Waals surface area contributed by atoms with Crippen molar-refractivity contribution in [3.63, 3.8) is 0 Å². The van der Waals surface area contributed by atoms with Crippen LogP contribution < -0.4 is 0 Å². The van der Waals surface area contributed by atoms with Gasteiger partial charge in [-0.15, -0.1) is 0 Å². The summed E-state index contributed by atoms with van der Waals surface area (Å²) in [7, 11) is 0. The van der Waals surface area contributed by atoms with E-state index in [0.29, 0.717) is 12.0 Å². The van der Waals surface area contributed by atoms with Gasteiger partial charge in [-0.3, -0.25) is 0 Å². The van der Waals surface area contributed by atoms with Crippen molar-refractivity contribution in [2.24, 2.45) is 0 Å². The predicted octanol–water partition coefficient (Wildman–Crippen LogP) is 4.20. The minimum absolute atomic E-state index is 0.0627. The molecule has 20 heavy (non-hydrogen) atoms. The van der Waals surface area contributed by atoms with Crippen LogP contribution in [0.3, 0.4) is 0 Å². The van der Waals surface area contributed by atoms with E-state index in [-0.39, 0.29) is 12.0 Å². The molecule has 3 heteroatoms. The van der Waals surface area contributed by atoms with Gasteiger partial charge in [-0.25, -0.2) is 8.78 Å². The molecule has 0 heterocycles. The quantitative estimate of drug-likeness (QED) is 0.868. The lowest BCUT2D eigenvalue weighted by Crippen LogP contribution is -2.29. The Labute approximate surface area is 117 Å². The molecule has 0 saturated carbocycles. The molecular formula is C17H18F2O. The molecule has 0 aliphatic heterocycles. The molecule has 0 aromatic heterocycles. The highest BCUT2D eigenvalue weighted by molar-refractivity contribution is 5.28. The third-order valence-electron chi connectivity index (χ3n) is 3.51. The third-order valence-corrected chi connectivity index (χ3v) is 3.51. The lowest BCUT2D eigenvalue weighted by atomic mass is 9.83. The van der Waals surface area contributed by atoms with Gasteiger partial charge in [0.05, 0.1) is 5.60 Å². The molecule has 2 rings (SSSR count). The number of hydrogen-bond donors (Lipinski definition) is 1. The van der Waals surface area contributed by atoms with E-state index in [0.717, 1.165) is 6.42 Å². The summed E-state index contributed by atoms with van der Waals surface area (Å²) < 4.78 is 27.6. The molecule has 1 unspecified atom stereocenters. The summed E-state index contributed by atoms with van der Waals surface area (Å²) in [5.41, 5.74) is -0.629. The van der Waals surface area contributed by atoms with Crippen LogP contribution in [0.1, 0.15) is 30.9 Å². The second-order valence-corrected chi connectivity index (χ2v) is 5.02. The Morgan fingerprint density at radius 1 is 0.950 bits per heavy atom. The fourth-order valence-corrected chi connectivity index (χ4v) is 2.49. The van der Waals surface area contributed by atoms with Gasteiger partial charge in [-0.05, 0) is 24.1 Å². The molecule has 2 aromatic carbocycles. The van der Waals surface area contributed by atoms with Crippen molar-refractivity contribution in [1.29, 1.82) is 0 Å². The first-order valence-electron chi connectivity index (χ1n) is 6.77. The lowest BCUT2D eigenvalue weighted by molar-refractivity contribution is 0.0252. The molecule has 0 bridgehead atoms.